The maximum absolute atomic E-state index is 13.3. The van der Waals surface area contributed by atoms with Gasteiger partial charge in [-0.1, -0.05) is 58.4 Å². The minimum Gasteiger partial charge on any atom is -0.292 e. The first kappa shape index (κ1) is 17.0. The lowest BCUT2D eigenvalue weighted by Gasteiger charge is -2.24. The first-order valence-corrected chi connectivity index (χ1v) is 10.2. The molecule has 0 bridgehead atoms. The number of ketones is 1. The molecule has 0 radical (unpaired) electrons. The van der Waals surface area contributed by atoms with Crippen LogP contribution >= 0.6 is 15.9 Å². The third-order valence-corrected chi connectivity index (χ3v) is 6.68. The molecule has 0 amide bonds. The summed E-state index contributed by atoms with van der Waals surface area (Å²) < 4.78 is 28.5. The largest absolute Gasteiger partial charge is 0.292 e. The van der Waals surface area contributed by atoms with Crippen LogP contribution in [0, 0.1) is 0 Å². The number of benzene rings is 3. The third-order valence-electron chi connectivity index (χ3n) is 4.38. The minimum atomic E-state index is -3.87. The van der Waals surface area contributed by atoms with E-state index >= 15 is 0 Å². The summed E-state index contributed by atoms with van der Waals surface area (Å²) >= 11 is 3.31. The smallest absolute Gasteiger partial charge is 0.264 e. The zero-order valence-electron chi connectivity index (χ0n) is 13.6. The average molecular weight is 428 g/mol. The Morgan fingerprint density at radius 2 is 1.35 bits per heavy atom. The normalized spacial score (nSPS) is 13.7. The van der Waals surface area contributed by atoms with Gasteiger partial charge in [0.1, 0.15) is 0 Å². The fourth-order valence-corrected chi connectivity index (χ4v) is 4.83. The summed E-state index contributed by atoms with van der Waals surface area (Å²) in [6, 6.07) is 20.8. The average Bonchev–Trinajstić information content (AvgIpc) is 2.78. The van der Waals surface area contributed by atoms with Crippen molar-refractivity contribution in [2.45, 2.75) is 4.90 Å². The molecule has 0 aromatic heterocycles. The molecule has 0 N–H and O–H groups in total. The van der Waals surface area contributed by atoms with Gasteiger partial charge in [0.15, 0.2) is 5.78 Å². The number of anilines is 1. The van der Waals surface area contributed by atoms with E-state index in [9.17, 15) is 13.2 Å². The van der Waals surface area contributed by atoms with Gasteiger partial charge in [-0.15, -0.1) is 0 Å². The second kappa shape index (κ2) is 6.37. The number of rotatable bonds is 2. The molecule has 0 unspecified atom stereocenters. The van der Waals surface area contributed by atoms with Gasteiger partial charge in [-0.05, 0) is 35.9 Å². The Morgan fingerprint density at radius 3 is 2.04 bits per heavy atom. The number of carbonyl (C=O) groups excluding carboxylic acids is 1. The standard InChI is InChI=1S/C20H14BrNO3S/c21-14-9-11-15(12-10-14)26(24,25)22-13-20(23)18-7-2-1-5-16(18)17-6-3-4-8-19(17)22/h1-12H,13H2. The number of hydrogen-bond donors (Lipinski definition) is 0. The molecule has 1 aliphatic heterocycles. The maximum Gasteiger partial charge on any atom is 0.264 e. The van der Waals surface area contributed by atoms with Crippen LogP contribution in [0.2, 0.25) is 0 Å². The molecule has 3 aromatic rings. The lowest BCUT2D eigenvalue weighted by Crippen LogP contribution is -2.35. The molecule has 0 aliphatic carbocycles. The van der Waals surface area contributed by atoms with Gasteiger partial charge in [0, 0.05) is 15.6 Å². The number of carbonyl (C=O) groups is 1. The van der Waals surface area contributed by atoms with Crippen molar-refractivity contribution in [2.24, 2.45) is 0 Å². The molecule has 4 rings (SSSR count). The summed E-state index contributed by atoms with van der Waals surface area (Å²) in [6.45, 7) is -0.230. The molecule has 26 heavy (non-hydrogen) atoms. The van der Waals surface area contributed by atoms with Gasteiger partial charge in [-0.25, -0.2) is 8.42 Å². The Kier molecular flexibility index (Phi) is 4.17. The molecule has 130 valence electrons. The van der Waals surface area contributed by atoms with Gasteiger partial charge < -0.3 is 0 Å². The molecular formula is C20H14BrNO3S. The molecule has 0 atom stereocenters. The molecular weight excluding hydrogens is 414 g/mol. The summed E-state index contributed by atoms with van der Waals surface area (Å²) in [5.74, 6) is -0.225. The van der Waals surface area contributed by atoms with Crippen molar-refractivity contribution < 1.29 is 13.2 Å². The van der Waals surface area contributed by atoms with Gasteiger partial charge >= 0.3 is 0 Å². The van der Waals surface area contributed by atoms with Crippen LogP contribution in [-0.2, 0) is 10.0 Å². The summed E-state index contributed by atoms with van der Waals surface area (Å²) in [6.07, 6.45) is 0. The zero-order chi connectivity index (χ0) is 18.3. The van der Waals surface area contributed by atoms with E-state index in [1.54, 1.807) is 36.4 Å². The number of fused-ring (bicyclic) bond motifs is 3. The van der Waals surface area contributed by atoms with E-state index in [4.69, 9.17) is 0 Å². The van der Waals surface area contributed by atoms with E-state index in [0.29, 0.717) is 11.3 Å². The quantitative estimate of drug-likeness (QED) is 0.604. The summed E-state index contributed by atoms with van der Waals surface area (Å²) in [4.78, 5) is 13.0. The molecule has 0 fully saturated rings. The summed E-state index contributed by atoms with van der Waals surface area (Å²) in [7, 11) is -3.87. The van der Waals surface area contributed by atoms with Gasteiger partial charge in [0.2, 0.25) is 0 Å². The first-order valence-electron chi connectivity index (χ1n) is 7.98. The van der Waals surface area contributed by atoms with Gasteiger partial charge in [-0.2, -0.15) is 0 Å². The fourth-order valence-electron chi connectivity index (χ4n) is 3.13. The van der Waals surface area contributed by atoms with E-state index in [1.807, 2.05) is 24.3 Å². The van der Waals surface area contributed by atoms with E-state index < -0.39 is 10.0 Å². The van der Waals surface area contributed by atoms with Crippen molar-refractivity contribution in [1.29, 1.82) is 0 Å². The van der Waals surface area contributed by atoms with Crippen molar-refractivity contribution in [3.63, 3.8) is 0 Å². The molecule has 4 nitrogen and oxygen atoms in total. The highest BCUT2D eigenvalue weighted by molar-refractivity contribution is 9.10. The molecule has 6 heteroatoms. The number of nitrogens with zero attached hydrogens (tertiary/aromatic N) is 1. The SMILES string of the molecule is O=C1CN(S(=O)(=O)c2ccc(Br)cc2)c2ccccc2-c2ccccc21. The molecule has 0 saturated heterocycles. The van der Waals surface area contributed by atoms with Crippen LogP contribution in [0.5, 0.6) is 0 Å². The summed E-state index contributed by atoms with van der Waals surface area (Å²) in [5, 5.41) is 0. The first-order chi connectivity index (χ1) is 12.5. The highest BCUT2D eigenvalue weighted by atomic mass is 79.9. The maximum atomic E-state index is 13.3. The fraction of sp³-hybridized carbons (Fsp3) is 0.0500. The van der Waals surface area contributed by atoms with Gasteiger partial charge in [0.05, 0.1) is 17.1 Å². The van der Waals surface area contributed by atoms with Crippen molar-refractivity contribution in [2.75, 3.05) is 10.8 Å². The second-order valence-corrected chi connectivity index (χ2v) is 8.73. The van der Waals surface area contributed by atoms with Crippen molar-refractivity contribution in [3.05, 3.63) is 82.8 Å². The number of sulfonamides is 1. The lowest BCUT2D eigenvalue weighted by molar-refractivity contribution is 0.100. The Balaban J connectivity index is 1.94. The van der Waals surface area contributed by atoms with Crippen LogP contribution in [0.4, 0.5) is 5.69 Å². The van der Waals surface area contributed by atoms with E-state index in [2.05, 4.69) is 15.9 Å². The van der Waals surface area contributed by atoms with Crippen LogP contribution in [0.25, 0.3) is 11.1 Å². The zero-order valence-corrected chi connectivity index (χ0v) is 16.0. The molecule has 3 aromatic carbocycles. The lowest BCUT2D eigenvalue weighted by atomic mass is 9.97. The van der Waals surface area contributed by atoms with Crippen molar-refractivity contribution in [1.82, 2.24) is 0 Å². The van der Waals surface area contributed by atoms with Gasteiger partial charge in [0.25, 0.3) is 10.0 Å². The van der Waals surface area contributed by atoms with Crippen LogP contribution in [0.3, 0.4) is 0 Å². The van der Waals surface area contributed by atoms with Crippen molar-refractivity contribution >= 4 is 37.4 Å². The Bertz CT molecular complexity index is 1110. The van der Waals surface area contributed by atoms with Crippen LogP contribution in [-0.4, -0.2) is 20.7 Å². The highest BCUT2D eigenvalue weighted by Gasteiger charge is 2.32. The Labute approximate surface area is 160 Å². The second-order valence-electron chi connectivity index (χ2n) is 5.95. The van der Waals surface area contributed by atoms with Crippen LogP contribution in [0.15, 0.2) is 82.2 Å². The Morgan fingerprint density at radius 1 is 0.769 bits per heavy atom. The molecule has 1 aliphatic rings. The molecule has 1 heterocycles. The van der Waals surface area contributed by atoms with E-state index in [1.165, 1.54) is 16.4 Å². The topological polar surface area (TPSA) is 54.5 Å². The number of halogens is 1. The third kappa shape index (κ3) is 2.75. The highest BCUT2D eigenvalue weighted by Crippen LogP contribution is 2.38. The minimum absolute atomic E-state index is 0.147. The predicted octanol–water partition coefficient (Wildman–Crippen LogP) is 4.51. The molecule has 0 saturated carbocycles. The monoisotopic (exact) mass is 427 g/mol. The van der Waals surface area contributed by atoms with Crippen LogP contribution < -0.4 is 4.31 Å². The van der Waals surface area contributed by atoms with E-state index in [0.717, 1.165) is 15.6 Å². The van der Waals surface area contributed by atoms with E-state index in [-0.39, 0.29) is 17.2 Å². The Hall–Kier alpha value is -2.44. The predicted molar refractivity (Wildman–Crippen MR) is 105 cm³/mol. The van der Waals surface area contributed by atoms with Crippen LogP contribution in [0.1, 0.15) is 10.4 Å². The molecule has 0 spiro atoms. The number of Topliss-reactive ketones (excluding diaryl/α,β-unsaturated/α-hetero) is 1. The van der Waals surface area contributed by atoms with Gasteiger partial charge in [-0.3, -0.25) is 9.10 Å². The summed E-state index contributed by atoms with van der Waals surface area (Å²) in [5.41, 5.74) is 2.53. The van der Waals surface area contributed by atoms with Crippen molar-refractivity contribution in [3.8, 4) is 11.1 Å². The number of hydrogen-bond acceptors (Lipinski definition) is 3. The number of para-hydroxylation sites is 1.